The summed E-state index contributed by atoms with van der Waals surface area (Å²) in [6.07, 6.45) is 11.9. The molecule has 2 aliphatic rings. The largest absolute Gasteiger partial charge is 0.316 e. The summed E-state index contributed by atoms with van der Waals surface area (Å²) in [5, 5.41) is 7.22. The maximum atomic E-state index is 3.70. The monoisotopic (exact) mass is 280 g/mol. The average Bonchev–Trinajstić information content (AvgIpc) is 2.46. The first-order valence-corrected chi connectivity index (χ1v) is 9.17. The Kier molecular flexibility index (Phi) is 7.37. The molecule has 0 radical (unpaired) electrons. The molecular formula is C18H36N2. The molecule has 0 aromatic carbocycles. The third-order valence-corrected chi connectivity index (χ3v) is 5.34. The molecule has 20 heavy (non-hydrogen) atoms. The highest BCUT2D eigenvalue weighted by atomic mass is 14.9. The lowest BCUT2D eigenvalue weighted by Gasteiger charge is -2.39. The van der Waals surface area contributed by atoms with Crippen LogP contribution < -0.4 is 10.6 Å². The van der Waals surface area contributed by atoms with Crippen molar-refractivity contribution < 1.29 is 0 Å². The summed E-state index contributed by atoms with van der Waals surface area (Å²) < 4.78 is 0. The molecule has 0 amide bonds. The van der Waals surface area contributed by atoms with Crippen LogP contribution in [0.1, 0.15) is 65.2 Å². The molecule has 3 atom stereocenters. The van der Waals surface area contributed by atoms with E-state index in [4.69, 9.17) is 0 Å². The fourth-order valence-electron chi connectivity index (χ4n) is 4.19. The molecule has 0 aliphatic heterocycles. The third kappa shape index (κ3) is 5.73. The van der Waals surface area contributed by atoms with Gasteiger partial charge in [-0.05, 0) is 75.5 Å². The molecule has 3 unspecified atom stereocenters. The minimum atomic E-state index is 0.772. The van der Waals surface area contributed by atoms with E-state index in [0.717, 1.165) is 30.2 Å². The summed E-state index contributed by atoms with van der Waals surface area (Å²) in [7, 11) is 0. The van der Waals surface area contributed by atoms with Crippen LogP contribution in [0.25, 0.3) is 0 Å². The molecule has 2 N–H and O–H groups in total. The van der Waals surface area contributed by atoms with Crippen LogP contribution in [0.2, 0.25) is 0 Å². The first-order chi connectivity index (χ1) is 9.75. The molecule has 0 heterocycles. The van der Waals surface area contributed by atoms with Gasteiger partial charge in [0.1, 0.15) is 0 Å². The molecule has 0 spiro atoms. The Morgan fingerprint density at radius 3 is 2.45 bits per heavy atom. The van der Waals surface area contributed by atoms with Gasteiger partial charge >= 0.3 is 0 Å². The van der Waals surface area contributed by atoms with Gasteiger partial charge in [0.25, 0.3) is 0 Å². The van der Waals surface area contributed by atoms with E-state index in [2.05, 4.69) is 24.5 Å². The van der Waals surface area contributed by atoms with E-state index in [1.807, 2.05) is 0 Å². The van der Waals surface area contributed by atoms with E-state index < -0.39 is 0 Å². The van der Waals surface area contributed by atoms with Gasteiger partial charge in [0.15, 0.2) is 0 Å². The molecule has 2 saturated carbocycles. The molecule has 0 aromatic rings. The molecule has 0 aromatic heterocycles. The van der Waals surface area contributed by atoms with Crippen molar-refractivity contribution in [2.75, 3.05) is 26.2 Å². The number of nitrogens with one attached hydrogen (secondary N) is 2. The Morgan fingerprint density at radius 1 is 0.900 bits per heavy atom. The standard InChI is InChI=1S/C18H36N2/c1-15(2)13-19-10-5-11-20-14-16-8-9-17-6-3-4-7-18(17)12-16/h15-20H,3-14H2,1-2H3. The Hall–Kier alpha value is -0.0800. The highest BCUT2D eigenvalue weighted by Crippen LogP contribution is 2.42. The van der Waals surface area contributed by atoms with Gasteiger partial charge in [0, 0.05) is 0 Å². The van der Waals surface area contributed by atoms with Crippen LogP contribution in [-0.4, -0.2) is 26.2 Å². The SMILES string of the molecule is CC(C)CNCCCNCC1CCC2CCCCC2C1. The molecule has 2 rings (SSSR count). The Bertz CT molecular complexity index is 252. The number of rotatable bonds is 8. The Labute approximate surface area is 126 Å². The molecule has 0 bridgehead atoms. The van der Waals surface area contributed by atoms with E-state index in [-0.39, 0.29) is 0 Å². The van der Waals surface area contributed by atoms with Crippen molar-refractivity contribution in [2.24, 2.45) is 23.7 Å². The van der Waals surface area contributed by atoms with Gasteiger partial charge in [-0.15, -0.1) is 0 Å². The minimum absolute atomic E-state index is 0.772. The molecule has 2 aliphatic carbocycles. The van der Waals surface area contributed by atoms with Crippen LogP contribution in [0.15, 0.2) is 0 Å². The summed E-state index contributed by atoms with van der Waals surface area (Å²) in [4.78, 5) is 0. The zero-order valence-corrected chi connectivity index (χ0v) is 13.8. The number of fused-ring (bicyclic) bond motifs is 1. The summed E-state index contributed by atoms with van der Waals surface area (Å²) in [5.74, 6) is 3.92. The third-order valence-electron chi connectivity index (χ3n) is 5.34. The van der Waals surface area contributed by atoms with Gasteiger partial charge in [0.2, 0.25) is 0 Å². The summed E-state index contributed by atoms with van der Waals surface area (Å²) >= 11 is 0. The van der Waals surface area contributed by atoms with E-state index in [1.165, 1.54) is 71.0 Å². The van der Waals surface area contributed by atoms with E-state index in [9.17, 15) is 0 Å². The van der Waals surface area contributed by atoms with Crippen LogP contribution in [0.4, 0.5) is 0 Å². The maximum Gasteiger partial charge on any atom is -0.00204 e. The van der Waals surface area contributed by atoms with Crippen LogP contribution in [0.3, 0.4) is 0 Å². The molecule has 118 valence electrons. The van der Waals surface area contributed by atoms with E-state index in [0.29, 0.717) is 0 Å². The fraction of sp³-hybridized carbons (Fsp3) is 1.00. The normalized spacial score (nSPS) is 30.4. The maximum absolute atomic E-state index is 3.70. The van der Waals surface area contributed by atoms with Crippen molar-refractivity contribution in [3.8, 4) is 0 Å². The highest BCUT2D eigenvalue weighted by molar-refractivity contribution is 4.83. The van der Waals surface area contributed by atoms with Crippen molar-refractivity contribution in [1.29, 1.82) is 0 Å². The van der Waals surface area contributed by atoms with Gasteiger partial charge in [-0.2, -0.15) is 0 Å². The van der Waals surface area contributed by atoms with Crippen LogP contribution in [0, 0.1) is 23.7 Å². The van der Waals surface area contributed by atoms with Gasteiger partial charge in [-0.1, -0.05) is 39.5 Å². The van der Waals surface area contributed by atoms with Gasteiger partial charge < -0.3 is 10.6 Å². The smallest absolute Gasteiger partial charge is 0.00204 e. The highest BCUT2D eigenvalue weighted by Gasteiger charge is 2.31. The summed E-state index contributed by atoms with van der Waals surface area (Å²) in [6, 6.07) is 0. The predicted molar refractivity (Wildman–Crippen MR) is 88.0 cm³/mol. The van der Waals surface area contributed by atoms with Crippen LogP contribution >= 0.6 is 0 Å². The van der Waals surface area contributed by atoms with Crippen molar-refractivity contribution in [1.82, 2.24) is 10.6 Å². The van der Waals surface area contributed by atoms with Crippen molar-refractivity contribution in [2.45, 2.75) is 65.2 Å². The predicted octanol–water partition coefficient (Wildman–Crippen LogP) is 3.82. The fourth-order valence-corrected chi connectivity index (χ4v) is 4.19. The second kappa shape index (κ2) is 9.04. The average molecular weight is 280 g/mol. The Balaban J connectivity index is 1.48. The van der Waals surface area contributed by atoms with Crippen LogP contribution in [-0.2, 0) is 0 Å². The molecule has 2 fully saturated rings. The van der Waals surface area contributed by atoms with Crippen LogP contribution in [0.5, 0.6) is 0 Å². The number of hydrogen-bond donors (Lipinski definition) is 2. The van der Waals surface area contributed by atoms with Gasteiger partial charge in [-0.3, -0.25) is 0 Å². The summed E-state index contributed by atoms with van der Waals surface area (Å²) in [6.45, 7) is 9.33. The lowest BCUT2D eigenvalue weighted by atomic mass is 9.67. The molecular weight excluding hydrogens is 244 g/mol. The van der Waals surface area contributed by atoms with Crippen molar-refractivity contribution in [3.63, 3.8) is 0 Å². The molecule has 2 nitrogen and oxygen atoms in total. The van der Waals surface area contributed by atoms with Gasteiger partial charge in [0.05, 0.1) is 0 Å². The Morgan fingerprint density at radius 2 is 1.65 bits per heavy atom. The summed E-state index contributed by atoms with van der Waals surface area (Å²) in [5.41, 5.74) is 0. The lowest BCUT2D eigenvalue weighted by Crippen LogP contribution is -2.33. The van der Waals surface area contributed by atoms with E-state index >= 15 is 0 Å². The first kappa shape index (κ1) is 16.3. The first-order valence-electron chi connectivity index (χ1n) is 9.17. The topological polar surface area (TPSA) is 24.1 Å². The van der Waals surface area contributed by atoms with Crippen molar-refractivity contribution in [3.05, 3.63) is 0 Å². The zero-order chi connectivity index (χ0) is 14.2. The van der Waals surface area contributed by atoms with Crippen molar-refractivity contribution >= 4 is 0 Å². The molecule has 2 heteroatoms. The van der Waals surface area contributed by atoms with E-state index in [1.54, 1.807) is 0 Å². The van der Waals surface area contributed by atoms with Gasteiger partial charge in [-0.25, -0.2) is 0 Å². The number of hydrogen-bond acceptors (Lipinski definition) is 2. The quantitative estimate of drug-likeness (QED) is 0.661. The molecule has 0 saturated heterocycles. The lowest BCUT2D eigenvalue weighted by molar-refractivity contribution is 0.129. The second-order valence-electron chi connectivity index (χ2n) is 7.64. The minimum Gasteiger partial charge on any atom is -0.316 e. The second-order valence-corrected chi connectivity index (χ2v) is 7.64. The zero-order valence-electron chi connectivity index (χ0n) is 13.8.